The average Bonchev–Trinajstić information content (AvgIpc) is 2.43. The summed E-state index contributed by atoms with van der Waals surface area (Å²) in [5.41, 5.74) is 0. The fourth-order valence-corrected chi connectivity index (χ4v) is 8.16. The fraction of sp³-hybridized carbons (Fsp3) is 0.706. The zero-order chi connectivity index (χ0) is 14.8. The van der Waals surface area contributed by atoms with Crippen molar-refractivity contribution < 1.29 is 4.39 Å². The second-order valence-corrected chi connectivity index (χ2v) is 10.9. The van der Waals surface area contributed by atoms with Crippen molar-refractivity contribution in [1.82, 2.24) is 4.98 Å². The van der Waals surface area contributed by atoms with Gasteiger partial charge in [0, 0.05) is 0 Å². The fourth-order valence-electron chi connectivity index (χ4n) is 2.82. The van der Waals surface area contributed by atoms with E-state index in [1.165, 1.54) is 57.4 Å². The predicted octanol–water partition coefficient (Wildman–Crippen LogP) is 4.89. The van der Waals surface area contributed by atoms with E-state index in [0.717, 1.165) is 3.71 Å². The number of hydrogen-bond acceptors (Lipinski definition) is 1. The van der Waals surface area contributed by atoms with E-state index in [1.807, 2.05) is 0 Å². The van der Waals surface area contributed by atoms with E-state index < -0.39 is 21.1 Å². The zero-order valence-corrected chi connectivity index (χ0v) is 16.1. The van der Waals surface area contributed by atoms with E-state index >= 15 is 0 Å². The second kappa shape index (κ2) is 9.75. The SMILES string of the molecule is CCCC[C](CCC)(CCCC)[Sn][c]1cc(F)ccn1. The summed E-state index contributed by atoms with van der Waals surface area (Å²) in [5.74, 6) is -0.118. The zero-order valence-electron chi connectivity index (χ0n) is 13.2. The van der Waals surface area contributed by atoms with Gasteiger partial charge in [-0.25, -0.2) is 0 Å². The first-order valence-corrected chi connectivity index (χ1v) is 10.9. The van der Waals surface area contributed by atoms with Gasteiger partial charge < -0.3 is 0 Å². The van der Waals surface area contributed by atoms with E-state index in [4.69, 9.17) is 0 Å². The van der Waals surface area contributed by atoms with Gasteiger partial charge >= 0.3 is 134 Å². The Bertz CT molecular complexity index is 373. The molecule has 0 N–H and O–H groups in total. The molecule has 3 heteroatoms. The molecule has 0 aliphatic rings. The van der Waals surface area contributed by atoms with Crippen LogP contribution in [0, 0.1) is 5.82 Å². The molecule has 0 saturated heterocycles. The van der Waals surface area contributed by atoms with Crippen molar-refractivity contribution in [3.8, 4) is 0 Å². The first kappa shape index (κ1) is 17.9. The molecule has 0 bridgehead atoms. The van der Waals surface area contributed by atoms with E-state index in [9.17, 15) is 4.39 Å². The molecule has 0 amide bonds. The summed E-state index contributed by atoms with van der Waals surface area (Å²) in [6.07, 6.45) is 12.0. The van der Waals surface area contributed by atoms with Crippen LogP contribution >= 0.6 is 0 Å². The van der Waals surface area contributed by atoms with Crippen LogP contribution < -0.4 is 3.71 Å². The Morgan fingerprint density at radius 3 is 2.20 bits per heavy atom. The summed E-state index contributed by atoms with van der Waals surface area (Å²) in [6, 6.07) is 3.15. The van der Waals surface area contributed by atoms with Gasteiger partial charge in [-0.3, -0.25) is 0 Å². The van der Waals surface area contributed by atoms with Gasteiger partial charge in [0.15, 0.2) is 0 Å². The summed E-state index contributed by atoms with van der Waals surface area (Å²) < 4.78 is 15.0. The minimum atomic E-state index is -0.855. The van der Waals surface area contributed by atoms with Crippen LogP contribution in [-0.2, 0) is 0 Å². The number of hydrogen-bond donors (Lipinski definition) is 0. The van der Waals surface area contributed by atoms with Crippen LogP contribution in [0.2, 0.25) is 3.43 Å². The van der Waals surface area contributed by atoms with Crippen molar-refractivity contribution in [3.63, 3.8) is 0 Å². The normalized spacial score (nSPS) is 11.8. The summed E-state index contributed by atoms with van der Waals surface area (Å²) in [5, 5.41) is 0. The van der Waals surface area contributed by atoms with Gasteiger partial charge in [-0.1, -0.05) is 0 Å². The molecular formula is C17H28FNSn. The van der Waals surface area contributed by atoms with Crippen LogP contribution in [0.4, 0.5) is 4.39 Å². The molecule has 0 saturated carbocycles. The van der Waals surface area contributed by atoms with Gasteiger partial charge in [-0.15, -0.1) is 0 Å². The van der Waals surface area contributed by atoms with Gasteiger partial charge in [-0.2, -0.15) is 0 Å². The summed E-state index contributed by atoms with van der Waals surface area (Å²) in [6.45, 7) is 6.81. The third-order valence-corrected chi connectivity index (χ3v) is 9.03. The third kappa shape index (κ3) is 6.11. The van der Waals surface area contributed by atoms with E-state index in [0.29, 0.717) is 3.43 Å². The van der Waals surface area contributed by atoms with Gasteiger partial charge in [0.2, 0.25) is 0 Å². The number of rotatable bonds is 10. The molecule has 1 heterocycles. The molecule has 1 aromatic rings. The molecule has 0 atom stereocenters. The monoisotopic (exact) mass is 385 g/mol. The number of halogens is 1. The Hall–Kier alpha value is -0.121. The van der Waals surface area contributed by atoms with Crippen LogP contribution in [-0.4, -0.2) is 26.1 Å². The maximum absolute atomic E-state index is 13.4. The molecule has 2 radical (unpaired) electrons. The number of nitrogens with zero attached hydrogens (tertiary/aromatic N) is 1. The van der Waals surface area contributed by atoms with Crippen LogP contribution in [0.3, 0.4) is 0 Å². The van der Waals surface area contributed by atoms with Gasteiger partial charge in [0.25, 0.3) is 0 Å². The minimum absolute atomic E-state index is 0.118. The van der Waals surface area contributed by atoms with E-state index in [1.54, 1.807) is 12.3 Å². The second-order valence-electron chi connectivity index (χ2n) is 5.72. The van der Waals surface area contributed by atoms with E-state index in [-0.39, 0.29) is 5.82 Å². The standard InChI is InChI=1S/C12H25.C5H3FN.Sn/c1-4-7-10-12(9-6-3)11-8-5-2;6-5-1-3-7-4-2-5;/h4-11H2,1-3H3;1-3H;. The molecule has 112 valence electrons. The molecule has 1 rings (SSSR count). The predicted molar refractivity (Wildman–Crippen MR) is 86.2 cm³/mol. The Balaban J connectivity index is 2.87. The van der Waals surface area contributed by atoms with Crippen LogP contribution in [0.5, 0.6) is 0 Å². The van der Waals surface area contributed by atoms with Gasteiger partial charge in [0.05, 0.1) is 0 Å². The molecule has 0 aliphatic carbocycles. The molecular weight excluding hydrogens is 356 g/mol. The summed E-state index contributed by atoms with van der Waals surface area (Å²) in [7, 11) is 0. The molecule has 1 aromatic heterocycles. The van der Waals surface area contributed by atoms with Crippen LogP contribution in [0.25, 0.3) is 0 Å². The Kier molecular flexibility index (Phi) is 8.74. The van der Waals surface area contributed by atoms with Crippen molar-refractivity contribution in [3.05, 3.63) is 24.1 Å². The molecule has 1 nitrogen and oxygen atoms in total. The maximum atomic E-state index is 13.4. The summed E-state index contributed by atoms with van der Waals surface area (Å²) in [4.78, 5) is 4.46. The number of unbranched alkanes of at least 4 members (excludes halogenated alkanes) is 2. The van der Waals surface area contributed by atoms with Crippen molar-refractivity contribution >= 4 is 24.9 Å². The van der Waals surface area contributed by atoms with Crippen molar-refractivity contribution in [2.75, 3.05) is 0 Å². The molecule has 0 aromatic carbocycles. The number of pyridine rings is 1. The first-order valence-electron chi connectivity index (χ1n) is 8.05. The Morgan fingerprint density at radius 1 is 1.05 bits per heavy atom. The van der Waals surface area contributed by atoms with Gasteiger partial charge in [-0.05, 0) is 0 Å². The molecule has 0 fully saturated rings. The first-order chi connectivity index (χ1) is 9.65. The molecule has 0 spiro atoms. The summed E-state index contributed by atoms with van der Waals surface area (Å²) >= 11 is -0.855. The molecule has 0 aliphatic heterocycles. The molecule has 20 heavy (non-hydrogen) atoms. The topological polar surface area (TPSA) is 12.9 Å². The molecule has 0 unspecified atom stereocenters. The average molecular weight is 384 g/mol. The van der Waals surface area contributed by atoms with Crippen LogP contribution in [0.1, 0.15) is 72.1 Å². The Morgan fingerprint density at radius 2 is 1.70 bits per heavy atom. The third-order valence-electron chi connectivity index (χ3n) is 3.86. The Labute approximate surface area is 134 Å². The van der Waals surface area contributed by atoms with Crippen molar-refractivity contribution in [1.29, 1.82) is 0 Å². The quantitative estimate of drug-likeness (QED) is 0.524. The van der Waals surface area contributed by atoms with Crippen molar-refractivity contribution in [2.24, 2.45) is 0 Å². The van der Waals surface area contributed by atoms with Gasteiger partial charge in [0.1, 0.15) is 0 Å². The number of aromatic nitrogens is 1. The van der Waals surface area contributed by atoms with Crippen LogP contribution in [0.15, 0.2) is 18.3 Å². The van der Waals surface area contributed by atoms with E-state index in [2.05, 4.69) is 25.8 Å². The van der Waals surface area contributed by atoms with Crippen molar-refractivity contribution in [2.45, 2.75) is 75.6 Å².